The number of aromatic hydroxyl groups is 1. The van der Waals surface area contributed by atoms with Gasteiger partial charge in [-0.1, -0.05) is 23.5 Å². The van der Waals surface area contributed by atoms with Gasteiger partial charge in [0.05, 0.1) is 10.2 Å². The standard InChI is InChI=1S/C14H10N2OS/c17-11-7-5-10(6-8-11)9-15-14-16-12-3-1-2-4-13(12)18-14/h1-9,17H. The van der Waals surface area contributed by atoms with Crippen molar-refractivity contribution >= 4 is 32.9 Å². The summed E-state index contributed by atoms with van der Waals surface area (Å²) in [7, 11) is 0. The van der Waals surface area contributed by atoms with Gasteiger partial charge in [0.2, 0.25) is 5.13 Å². The second-order valence-corrected chi connectivity index (χ2v) is 4.82. The molecule has 0 bridgehead atoms. The molecule has 0 fully saturated rings. The molecule has 1 N–H and O–H groups in total. The Morgan fingerprint density at radius 1 is 1.06 bits per heavy atom. The first-order valence-corrected chi connectivity index (χ1v) is 6.31. The Kier molecular flexibility index (Phi) is 2.78. The van der Waals surface area contributed by atoms with Gasteiger partial charge in [-0.15, -0.1) is 0 Å². The second kappa shape index (κ2) is 4.58. The van der Waals surface area contributed by atoms with Crippen LogP contribution in [-0.4, -0.2) is 16.3 Å². The number of rotatable bonds is 2. The first-order chi connectivity index (χ1) is 8.81. The van der Waals surface area contributed by atoms with E-state index >= 15 is 0 Å². The molecule has 0 saturated carbocycles. The second-order valence-electron chi connectivity index (χ2n) is 3.81. The smallest absolute Gasteiger partial charge is 0.210 e. The number of hydrogen-bond donors (Lipinski definition) is 1. The van der Waals surface area contributed by atoms with Gasteiger partial charge in [-0.25, -0.2) is 9.98 Å². The van der Waals surface area contributed by atoms with Crippen LogP contribution in [0.15, 0.2) is 53.5 Å². The van der Waals surface area contributed by atoms with E-state index in [1.165, 1.54) is 0 Å². The van der Waals surface area contributed by atoms with Crippen molar-refractivity contribution in [3.63, 3.8) is 0 Å². The molecule has 0 radical (unpaired) electrons. The molecule has 2 aromatic carbocycles. The van der Waals surface area contributed by atoms with E-state index in [-0.39, 0.29) is 5.75 Å². The van der Waals surface area contributed by atoms with Crippen LogP contribution in [-0.2, 0) is 0 Å². The molecular formula is C14H10N2OS. The van der Waals surface area contributed by atoms with Gasteiger partial charge in [0.1, 0.15) is 5.75 Å². The molecule has 88 valence electrons. The average molecular weight is 254 g/mol. The Balaban J connectivity index is 1.89. The van der Waals surface area contributed by atoms with Crippen LogP contribution < -0.4 is 0 Å². The molecule has 0 amide bonds. The van der Waals surface area contributed by atoms with Crippen LogP contribution in [0.5, 0.6) is 5.75 Å². The van der Waals surface area contributed by atoms with E-state index < -0.39 is 0 Å². The van der Waals surface area contributed by atoms with Gasteiger partial charge in [-0.3, -0.25) is 0 Å². The maximum atomic E-state index is 9.18. The fraction of sp³-hybridized carbons (Fsp3) is 0. The lowest BCUT2D eigenvalue weighted by atomic mass is 10.2. The van der Waals surface area contributed by atoms with E-state index in [1.807, 2.05) is 36.4 Å². The normalized spacial score (nSPS) is 11.3. The molecule has 1 heterocycles. The molecule has 0 aliphatic rings. The molecule has 0 aliphatic carbocycles. The van der Waals surface area contributed by atoms with Crippen molar-refractivity contribution in [1.82, 2.24) is 4.98 Å². The van der Waals surface area contributed by atoms with Crippen molar-refractivity contribution < 1.29 is 5.11 Å². The van der Waals surface area contributed by atoms with E-state index in [1.54, 1.807) is 29.7 Å². The van der Waals surface area contributed by atoms with Crippen molar-refractivity contribution in [2.45, 2.75) is 0 Å². The van der Waals surface area contributed by atoms with Gasteiger partial charge in [-0.2, -0.15) is 0 Å². The number of phenolic OH excluding ortho intramolecular Hbond substituents is 1. The summed E-state index contributed by atoms with van der Waals surface area (Å²) in [5.41, 5.74) is 1.91. The minimum absolute atomic E-state index is 0.257. The molecule has 3 rings (SSSR count). The van der Waals surface area contributed by atoms with Gasteiger partial charge in [0.15, 0.2) is 0 Å². The molecule has 3 nitrogen and oxygen atoms in total. The van der Waals surface area contributed by atoms with Crippen LogP contribution in [0.2, 0.25) is 0 Å². The summed E-state index contributed by atoms with van der Waals surface area (Å²) < 4.78 is 1.13. The molecule has 0 atom stereocenters. The van der Waals surface area contributed by atoms with E-state index in [0.29, 0.717) is 0 Å². The number of thiazole rings is 1. The molecule has 1 aromatic heterocycles. The topological polar surface area (TPSA) is 45.5 Å². The predicted molar refractivity (Wildman–Crippen MR) is 75.0 cm³/mol. The maximum Gasteiger partial charge on any atom is 0.210 e. The third-order valence-electron chi connectivity index (χ3n) is 2.50. The first kappa shape index (κ1) is 10.9. The molecule has 0 saturated heterocycles. The number of para-hydroxylation sites is 1. The predicted octanol–water partition coefficient (Wildman–Crippen LogP) is 3.75. The Bertz CT molecular complexity index is 668. The third kappa shape index (κ3) is 2.24. The summed E-state index contributed by atoms with van der Waals surface area (Å²) in [5.74, 6) is 0.257. The van der Waals surface area contributed by atoms with Crippen LogP contribution in [0.3, 0.4) is 0 Å². The van der Waals surface area contributed by atoms with E-state index in [9.17, 15) is 5.11 Å². The number of benzene rings is 2. The van der Waals surface area contributed by atoms with Crippen LogP contribution >= 0.6 is 11.3 Å². The van der Waals surface area contributed by atoms with E-state index in [2.05, 4.69) is 9.98 Å². The summed E-state index contributed by atoms with van der Waals surface area (Å²) in [6, 6.07) is 14.9. The number of aromatic nitrogens is 1. The van der Waals surface area contributed by atoms with Crippen LogP contribution in [0.25, 0.3) is 10.2 Å². The minimum Gasteiger partial charge on any atom is -0.508 e. The monoisotopic (exact) mass is 254 g/mol. The summed E-state index contributed by atoms with van der Waals surface area (Å²) in [6.07, 6.45) is 1.75. The summed E-state index contributed by atoms with van der Waals surface area (Å²) >= 11 is 1.56. The summed E-state index contributed by atoms with van der Waals surface area (Å²) in [5, 5.41) is 9.92. The molecule has 3 aromatic rings. The van der Waals surface area contributed by atoms with Crippen molar-refractivity contribution in [3.8, 4) is 5.75 Å². The highest BCUT2D eigenvalue weighted by Gasteiger charge is 2.00. The zero-order valence-electron chi connectivity index (χ0n) is 9.45. The van der Waals surface area contributed by atoms with Crippen molar-refractivity contribution in [2.24, 2.45) is 4.99 Å². The van der Waals surface area contributed by atoms with Gasteiger partial charge in [0, 0.05) is 6.21 Å². The van der Waals surface area contributed by atoms with Crippen LogP contribution in [0.4, 0.5) is 5.13 Å². The number of fused-ring (bicyclic) bond motifs is 1. The lowest BCUT2D eigenvalue weighted by Crippen LogP contribution is -1.78. The highest BCUT2D eigenvalue weighted by molar-refractivity contribution is 7.22. The Morgan fingerprint density at radius 3 is 2.61 bits per heavy atom. The van der Waals surface area contributed by atoms with Crippen molar-refractivity contribution in [3.05, 3.63) is 54.1 Å². The number of phenols is 1. The SMILES string of the molecule is Oc1ccc(C=Nc2nc3ccccc3s2)cc1. The van der Waals surface area contributed by atoms with Gasteiger partial charge in [0.25, 0.3) is 0 Å². The van der Waals surface area contributed by atoms with Crippen molar-refractivity contribution in [1.29, 1.82) is 0 Å². The molecule has 4 heteroatoms. The van der Waals surface area contributed by atoms with Gasteiger partial charge >= 0.3 is 0 Å². The fourth-order valence-electron chi connectivity index (χ4n) is 1.61. The maximum absolute atomic E-state index is 9.18. The van der Waals surface area contributed by atoms with Gasteiger partial charge in [-0.05, 0) is 42.0 Å². The minimum atomic E-state index is 0.257. The largest absolute Gasteiger partial charge is 0.508 e. The lowest BCUT2D eigenvalue weighted by Gasteiger charge is -1.92. The van der Waals surface area contributed by atoms with Crippen molar-refractivity contribution in [2.75, 3.05) is 0 Å². The quantitative estimate of drug-likeness (QED) is 0.708. The van der Waals surface area contributed by atoms with Crippen LogP contribution in [0.1, 0.15) is 5.56 Å². The fourth-order valence-corrected chi connectivity index (χ4v) is 2.42. The van der Waals surface area contributed by atoms with Crippen LogP contribution in [0, 0.1) is 0 Å². The Morgan fingerprint density at radius 2 is 1.83 bits per heavy atom. The highest BCUT2D eigenvalue weighted by Crippen LogP contribution is 2.27. The molecular weight excluding hydrogens is 244 g/mol. The summed E-state index contributed by atoms with van der Waals surface area (Å²) in [4.78, 5) is 8.76. The highest BCUT2D eigenvalue weighted by atomic mass is 32.1. The molecule has 0 spiro atoms. The number of nitrogens with zero attached hydrogens (tertiary/aromatic N) is 2. The molecule has 0 unspecified atom stereocenters. The van der Waals surface area contributed by atoms with Gasteiger partial charge < -0.3 is 5.11 Å². The zero-order valence-corrected chi connectivity index (χ0v) is 10.3. The molecule has 18 heavy (non-hydrogen) atoms. The zero-order chi connectivity index (χ0) is 12.4. The summed E-state index contributed by atoms with van der Waals surface area (Å²) in [6.45, 7) is 0. The first-order valence-electron chi connectivity index (χ1n) is 5.50. The Labute approximate surface area is 108 Å². The lowest BCUT2D eigenvalue weighted by molar-refractivity contribution is 0.475. The Hall–Kier alpha value is -2.20. The van der Waals surface area contributed by atoms with E-state index in [4.69, 9.17) is 0 Å². The number of hydrogen-bond acceptors (Lipinski definition) is 4. The van der Waals surface area contributed by atoms with E-state index in [0.717, 1.165) is 20.9 Å². The third-order valence-corrected chi connectivity index (χ3v) is 3.44. The molecule has 0 aliphatic heterocycles. The average Bonchev–Trinajstić information content (AvgIpc) is 2.81. The number of aliphatic imine (C=N–C) groups is 1.